The number of benzene rings is 2. The molecule has 3 unspecified atom stereocenters. The maximum absolute atomic E-state index is 13.8. The van der Waals surface area contributed by atoms with Crippen LogP contribution in [0, 0.1) is 5.92 Å². The number of hydrogen-bond donors (Lipinski definition) is 5. The van der Waals surface area contributed by atoms with Crippen molar-refractivity contribution in [3.63, 3.8) is 0 Å². The molecular weight excluding hydrogens is 596 g/mol. The second-order valence-corrected chi connectivity index (χ2v) is 13.0. The van der Waals surface area contributed by atoms with Crippen molar-refractivity contribution in [2.45, 2.75) is 82.5 Å². The number of hydrogen-bond acceptors (Lipinski definition) is 7. The standard InChI is InChI=1S/C36H52N6O5/c1-25(2)21-31(34(44)40-29(15-9-10-16-37)36(46)42-17-19-47-20-18-42)41-35(45)32(22-26-11-5-3-6-12-26)39-33(43)24-38-30-23-28(30)27-13-7-4-8-14-27/h3-8,11-14,25,28-32,38H,9-10,15-24,37H2,1-2H3,(H,39,43)(H,40,44)(H,41,45)/t28-,29?,30+,31?,32?/m1/s1. The Labute approximate surface area is 278 Å². The van der Waals surface area contributed by atoms with Crippen molar-refractivity contribution in [1.29, 1.82) is 0 Å². The van der Waals surface area contributed by atoms with Gasteiger partial charge in [0.2, 0.25) is 23.6 Å². The van der Waals surface area contributed by atoms with Crippen LogP contribution in [0.25, 0.3) is 0 Å². The Kier molecular flexibility index (Phi) is 14.2. The lowest BCUT2D eigenvalue weighted by molar-refractivity contribution is -0.141. The summed E-state index contributed by atoms with van der Waals surface area (Å²) in [7, 11) is 0. The predicted molar refractivity (Wildman–Crippen MR) is 181 cm³/mol. The zero-order valence-electron chi connectivity index (χ0n) is 27.8. The van der Waals surface area contributed by atoms with Crippen LogP contribution in [0.3, 0.4) is 0 Å². The van der Waals surface area contributed by atoms with E-state index in [-0.39, 0.29) is 36.7 Å². The van der Waals surface area contributed by atoms with Gasteiger partial charge in [-0.1, -0.05) is 74.5 Å². The Hall–Kier alpha value is -3.80. The minimum atomic E-state index is -0.895. The molecule has 1 aliphatic carbocycles. The van der Waals surface area contributed by atoms with Gasteiger partial charge in [0.1, 0.15) is 18.1 Å². The second-order valence-electron chi connectivity index (χ2n) is 13.0. The fourth-order valence-electron chi connectivity index (χ4n) is 6.02. The van der Waals surface area contributed by atoms with E-state index in [0.29, 0.717) is 58.0 Å². The summed E-state index contributed by atoms with van der Waals surface area (Å²) in [6.07, 6.45) is 3.46. The molecule has 11 nitrogen and oxygen atoms in total. The Bertz CT molecular complexity index is 1290. The summed E-state index contributed by atoms with van der Waals surface area (Å²) < 4.78 is 5.40. The highest BCUT2D eigenvalue weighted by Gasteiger charge is 2.38. The summed E-state index contributed by atoms with van der Waals surface area (Å²) in [5, 5.41) is 12.1. The number of morpholine rings is 1. The largest absolute Gasteiger partial charge is 0.378 e. The molecule has 1 saturated heterocycles. The van der Waals surface area contributed by atoms with E-state index in [0.717, 1.165) is 18.4 Å². The number of nitrogens with zero attached hydrogens (tertiary/aromatic N) is 1. The molecule has 2 aromatic rings. The summed E-state index contributed by atoms with van der Waals surface area (Å²) in [5.74, 6) is -0.855. The lowest BCUT2D eigenvalue weighted by atomic mass is 10.00. The van der Waals surface area contributed by atoms with Crippen molar-refractivity contribution in [1.82, 2.24) is 26.2 Å². The molecule has 5 atom stereocenters. The summed E-state index contributed by atoms with van der Waals surface area (Å²) in [5.41, 5.74) is 7.82. The van der Waals surface area contributed by atoms with Crippen molar-refractivity contribution >= 4 is 23.6 Å². The van der Waals surface area contributed by atoms with Crippen LogP contribution in [-0.4, -0.2) is 92.1 Å². The number of carbonyl (C=O) groups excluding carboxylic acids is 4. The number of nitrogens with two attached hydrogens (primary N) is 1. The van der Waals surface area contributed by atoms with Gasteiger partial charge in [0.05, 0.1) is 19.8 Å². The van der Waals surface area contributed by atoms with E-state index in [4.69, 9.17) is 10.5 Å². The number of nitrogens with one attached hydrogen (secondary N) is 4. The SMILES string of the molecule is CC(C)CC(NC(=O)C(Cc1ccccc1)NC(=O)CN[C@H]1C[C@@H]1c1ccccc1)C(=O)NC(CCCCN)C(=O)N1CCOCC1. The van der Waals surface area contributed by atoms with Crippen molar-refractivity contribution in [3.8, 4) is 0 Å². The third kappa shape index (κ3) is 11.7. The van der Waals surface area contributed by atoms with Crippen LogP contribution in [0.5, 0.6) is 0 Å². The molecule has 4 amide bonds. The molecule has 2 aliphatic rings. The van der Waals surface area contributed by atoms with Crippen LogP contribution in [0.4, 0.5) is 0 Å². The first-order chi connectivity index (χ1) is 22.7. The number of rotatable bonds is 18. The van der Waals surface area contributed by atoms with Gasteiger partial charge in [-0.15, -0.1) is 0 Å². The summed E-state index contributed by atoms with van der Waals surface area (Å²) in [6.45, 7) is 6.38. The monoisotopic (exact) mass is 648 g/mol. The summed E-state index contributed by atoms with van der Waals surface area (Å²) in [6, 6.07) is 17.4. The van der Waals surface area contributed by atoms with Crippen LogP contribution in [0.15, 0.2) is 60.7 Å². The van der Waals surface area contributed by atoms with Gasteiger partial charge in [-0.05, 0) is 55.7 Å². The van der Waals surface area contributed by atoms with Crippen LogP contribution >= 0.6 is 0 Å². The molecule has 0 bridgehead atoms. The first kappa shape index (κ1) is 36.0. The van der Waals surface area contributed by atoms with Gasteiger partial charge in [0.25, 0.3) is 0 Å². The molecule has 1 aliphatic heterocycles. The van der Waals surface area contributed by atoms with Crippen LogP contribution in [0.2, 0.25) is 0 Å². The molecule has 2 fully saturated rings. The van der Waals surface area contributed by atoms with Gasteiger partial charge in [-0.3, -0.25) is 19.2 Å². The molecule has 2 aromatic carbocycles. The molecule has 0 aromatic heterocycles. The summed E-state index contributed by atoms with van der Waals surface area (Å²) >= 11 is 0. The average molecular weight is 649 g/mol. The van der Waals surface area contributed by atoms with Gasteiger partial charge >= 0.3 is 0 Å². The maximum atomic E-state index is 13.8. The molecule has 47 heavy (non-hydrogen) atoms. The summed E-state index contributed by atoms with van der Waals surface area (Å²) in [4.78, 5) is 55.8. The van der Waals surface area contributed by atoms with Gasteiger partial charge in [-0.25, -0.2) is 0 Å². The maximum Gasteiger partial charge on any atom is 0.245 e. The zero-order chi connectivity index (χ0) is 33.6. The molecule has 0 radical (unpaired) electrons. The van der Waals surface area contributed by atoms with E-state index in [1.165, 1.54) is 5.56 Å². The second kappa shape index (κ2) is 18.5. The predicted octanol–water partition coefficient (Wildman–Crippen LogP) is 1.86. The topological polar surface area (TPSA) is 155 Å². The normalized spacial score (nSPS) is 19.4. The van der Waals surface area contributed by atoms with Gasteiger partial charge in [0, 0.05) is 31.5 Å². The minimum absolute atomic E-state index is 0.0800. The molecule has 256 valence electrons. The van der Waals surface area contributed by atoms with E-state index in [1.807, 2.05) is 62.4 Å². The van der Waals surface area contributed by atoms with E-state index in [1.54, 1.807) is 4.90 Å². The first-order valence-corrected chi connectivity index (χ1v) is 17.0. The van der Waals surface area contributed by atoms with Crippen LogP contribution in [-0.2, 0) is 30.3 Å². The third-order valence-electron chi connectivity index (χ3n) is 8.70. The number of amides is 4. The quantitative estimate of drug-likeness (QED) is 0.155. The fraction of sp³-hybridized carbons (Fsp3) is 0.556. The molecule has 11 heteroatoms. The molecule has 6 N–H and O–H groups in total. The highest BCUT2D eigenvalue weighted by atomic mass is 16.5. The highest BCUT2D eigenvalue weighted by molar-refractivity contribution is 5.94. The molecule has 1 heterocycles. The lowest BCUT2D eigenvalue weighted by Crippen LogP contribution is -2.58. The van der Waals surface area contributed by atoms with Gasteiger partial charge in [-0.2, -0.15) is 0 Å². The van der Waals surface area contributed by atoms with Crippen molar-refractivity contribution in [2.75, 3.05) is 39.4 Å². The van der Waals surface area contributed by atoms with Gasteiger partial charge < -0.3 is 36.6 Å². The fourth-order valence-corrected chi connectivity index (χ4v) is 6.02. The lowest BCUT2D eigenvalue weighted by Gasteiger charge is -2.32. The highest BCUT2D eigenvalue weighted by Crippen LogP contribution is 2.40. The molecule has 4 rings (SSSR count). The number of unbranched alkanes of at least 4 members (excludes halogenated alkanes) is 1. The average Bonchev–Trinajstić information content (AvgIpc) is 3.87. The molecule has 0 spiro atoms. The smallest absolute Gasteiger partial charge is 0.245 e. The van der Waals surface area contributed by atoms with Crippen LogP contribution < -0.4 is 27.0 Å². The molecular formula is C36H52N6O5. The van der Waals surface area contributed by atoms with Gasteiger partial charge in [0.15, 0.2) is 0 Å². The van der Waals surface area contributed by atoms with E-state index < -0.39 is 29.9 Å². The minimum Gasteiger partial charge on any atom is -0.378 e. The molecule has 1 saturated carbocycles. The van der Waals surface area contributed by atoms with Crippen molar-refractivity contribution in [3.05, 3.63) is 71.8 Å². The van der Waals surface area contributed by atoms with E-state index >= 15 is 0 Å². The van der Waals surface area contributed by atoms with Crippen molar-refractivity contribution in [2.24, 2.45) is 11.7 Å². The Morgan fingerprint density at radius 2 is 1.49 bits per heavy atom. The zero-order valence-corrected chi connectivity index (χ0v) is 27.8. The Balaban J connectivity index is 1.41. The van der Waals surface area contributed by atoms with Crippen LogP contribution in [0.1, 0.15) is 63.0 Å². The third-order valence-corrected chi connectivity index (χ3v) is 8.70. The Morgan fingerprint density at radius 1 is 0.851 bits per heavy atom. The van der Waals surface area contributed by atoms with E-state index in [2.05, 4.69) is 33.4 Å². The first-order valence-electron chi connectivity index (χ1n) is 17.0. The van der Waals surface area contributed by atoms with Crippen molar-refractivity contribution < 1.29 is 23.9 Å². The number of carbonyl (C=O) groups is 4. The van der Waals surface area contributed by atoms with E-state index in [9.17, 15) is 19.2 Å². The number of ether oxygens (including phenoxy) is 1. The Morgan fingerprint density at radius 3 is 2.15 bits per heavy atom.